The number of carbonyl (C=O) groups excluding carboxylic acids is 2. The Labute approximate surface area is 104 Å². The van der Waals surface area contributed by atoms with Crippen molar-refractivity contribution in [3.8, 4) is 0 Å². The van der Waals surface area contributed by atoms with E-state index in [0.717, 1.165) is 6.42 Å². The van der Waals surface area contributed by atoms with Gasteiger partial charge in [0.1, 0.15) is 0 Å². The molecule has 1 fully saturated rings. The van der Waals surface area contributed by atoms with E-state index in [1.165, 1.54) is 16.8 Å². The fourth-order valence-corrected chi connectivity index (χ4v) is 1.86. The van der Waals surface area contributed by atoms with Crippen LogP contribution in [0.1, 0.15) is 19.8 Å². The van der Waals surface area contributed by atoms with Gasteiger partial charge in [0, 0.05) is 13.0 Å². The van der Waals surface area contributed by atoms with Crippen LogP contribution in [0.25, 0.3) is 0 Å². The van der Waals surface area contributed by atoms with Gasteiger partial charge >= 0.3 is 5.97 Å². The molecule has 2 heterocycles. The SMILES string of the molecule is CCCn1nnc(N2C[C@H](C(=O)OC)CC2=O)n1. The van der Waals surface area contributed by atoms with Gasteiger partial charge in [-0.3, -0.25) is 14.5 Å². The third kappa shape index (κ3) is 2.31. The molecule has 0 aromatic carbocycles. The van der Waals surface area contributed by atoms with E-state index in [4.69, 9.17) is 0 Å². The molecule has 1 aromatic heterocycles. The number of hydrogen-bond donors (Lipinski definition) is 0. The predicted octanol–water partition coefficient (Wildman–Crippen LogP) is -0.391. The second-order valence-corrected chi connectivity index (χ2v) is 4.11. The largest absolute Gasteiger partial charge is 0.469 e. The van der Waals surface area contributed by atoms with Crippen LogP contribution in [0.3, 0.4) is 0 Å². The van der Waals surface area contributed by atoms with Gasteiger partial charge in [-0.1, -0.05) is 12.0 Å². The van der Waals surface area contributed by atoms with Crippen LogP contribution in [0.2, 0.25) is 0 Å². The topological polar surface area (TPSA) is 90.2 Å². The molecule has 1 saturated heterocycles. The molecule has 1 aromatic rings. The third-order valence-electron chi connectivity index (χ3n) is 2.77. The summed E-state index contributed by atoms with van der Waals surface area (Å²) in [6, 6.07) is 0. The zero-order chi connectivity index (χ0) is 13.1. The second-order valence-electron chi connectivity index (χ2n) is 4.11. The fourth-order valence-electron chi connectivity index (χ4n) is 1.86. The molecule has 8 nitrogen and oxygen atoms in total. The molecule has 18 heavy (non-hydrogen) atoms. The summed E-state index contributed by atoms with van der Waals surface area (Å²) in [7, 11) is 1.31. The van der Waals surface area contributed by atoms with Crippen LogP contribution in [0, 0.1) is 5.92 Å². The van der Waals surface area contributed by atoms with Crippen LogP contribution in [0.15, 0.2) is 0 Å². The number of tetrazole rings is 1. The summed E-state index contributed by atoms with van der Waals surface area (Å²) in [6.45, 7) is 2.90. The van der Waals surface area contributed by atoms with E-state index in [1.807, 2.05) is 6.92 Å². The number of carbonyl (C=O) groups is 2. The average Bonchev–Trinajstić information content (AvgIpc) is 2.95. The van der Waals surface area contributed by atoms with Gasteiger partial charge in [0.25, 0.3) is 5.95 Å². The Bertz CT molecular complexity index is 458. The van der Waals surface area contributed by atoms with E-state index in [0.29, 0.717) is 6.54 Å². The third-order valence-corrected chi connectivity index (χ3v) is 2.77. The van der Waals surface area contributed by atoms with Crippen molar-refractivity contribution in [1.82, 2.24) is 20.2 Å². The molecule has 1 aliphatic rings. The van der Waals surface area contributed by atoms with Crippen LogP contribution >= 0.6 is 0 Å². The Morgan fingerprint density at radius 2 is 2.33 bits per heavy atom. The van der Waals surface area contributed by atoms with Crippen molar-refractivity contribution in [3.63, 3.8) is 0 Å². The summed E-state index contributed by atoms with van der Waals surface area (Å²) in [4.78, 5) is 26.0. The minimum atomic E-state index is -0.444. The van der Waals surface area contributed by atoms with Crippen molar-refractivity contribution >= 4 is 17.8 Å². The highest BCUT2D eigenvalue weighted by Crippen LogP contribution is 2.22. The molecule has 0 aliphatic carbocycles. The van der Waals surface area contributed by atoms with Crippen LogP contribution in [-0.2, 0) is 20.9 Å². The van der Waals surface area contributed by atoms with Crippen LogP contribution in [-0.4, -0.2) is 45.7 Å². The minimum Gasteiger partial charge on any atom is -0.469 e. The lowest BCUT2D eigenvalue weighted by Gasteiger charge is -2.10. The number of nitrogens with zero attached hydrogens (tertiary/aromatic N) is 5. The lowest BCUT2D eigenvalue weighted by Crippen LogP contribution is -2.27. The van der Waals surface area contributed by atoms with E-state index in [1.54, 1.807) is 0 Å². The van der Waals surface area contributed by atoms with Gasteiger partial charge in [0.2, 0.25) is 5.91 Å². The molecule has 1 amide bonds. The van der Waals surface area contributed by atoms with Gasteiger partial charge in [-0.05, 0) is 11.6 Å². The highest BCUT2D eigenvalue weighted by Gasteiger charge is 2.37. The summed E-state index contributed by atoms with van der Waals surface area (Å²) in [5.74, 6) is -0.756. The number of methoxy groups -OCH3 is 1. The summed E-state index contributed by atoms with van der Waals surface area (Å²) in [6.07, 6.45) is 1.02. The number of hydrogen-bond acceptors (Lipinski definition) is 6. The Morgan fingerprint density at radius 1 is 1.56 bits per heavy atom. The van der Waals surface area contributed by atoms with Crippen molar-refractivity contribution in [1.29, 1.82) is 0 Å². The number of anilines is 1. The maximum atomic E-state index is 11.8. The molecule has 0 saturated carbocycles. The molecular formula is C10H15N5O3. The number of aryl methyl sites for hydroxylation is 1. The molecule has 0 N–H and O–H groups in total. The molecule has 0 unspecified atom stereocenters. The van der Waals surface area contributed by atoms with Crippen LogP contribution in [0.4, 0.5) is 5.95 Å². The zero-order valence-electron chi connectivity index (χ0n) is 10.4. The smallest absolute Gasteiger partial charge is 0.311 e. The summed E-state index contributed by atoms with van der Waals surface area (Å²) < 4.78 is 4.63. The summed E-state index contributed by atoms with van der Waals surface area (Å²) in [5, 5.41) is 11.8. The first-order chi connectivity index (χ1) is 8.65. The first-order valence-corrected chi connectivity index (χ1v) is 5.81. The Balaban J connectivity index is 2.09. The highest BCUT2D eigenvalue weighted by atomic mass is 16.5. The lowest BCUT2D eigenvalue weighted by molar-refractivity contribution is -0.145. The Morgan fingerprint density at radius 3 is 3.00 bits per heavy atom. The molecule has 0 radical (unpaired) electrons. The predicted molar refractivity (Wildman–Crippen MR) is 60.6 cm³/mol. The van der Waals surface area contributed by atoms with E-state index in [2.05, 4.69) is 20.1 Å². The van der Waals surface area contributed by atoms with Crippen LogP contribution in [0.5, 0.6) is 0 Å². The van der Waals surface area contributed by atoms with Gasteiger partial charge in [-0.2, -0.15) is 4.80 Å². The number of esters is 1. The summed E-state index contributed by atoms with van der Waals surface area (Å²) >= 11 is 0. The molecule has 1 aliphatic heterocycles. The second kappa shape index (κ2) is 5.11. The number of aromatic nitrogens is 4. The molecule has 1 atom stereocenters. The normalized spacial score (nSPS) is 19.3. The van der Waals surface area contributed by atoms with Crippen molar-refractivity contribution < 1.29 is 14.3 Å². The maximum absolute atomic E-state index is 11.8. The van der Waals surface area contributed by atoms with Crippen molar-refractivity contribution in [2.45, 2.75) is 26.3 Å². The zero-order valence-corrected chi connectivity index (χ0v) is 10.4. The molecule has 0 bridgehead atoms. The molecule has 98 valence electrons. The van der Waals surface area contributed by atoms with Crippen molar-refractivity contribution in [3.05, 3.63) is 0 Å². The fraction of sp³-hybridized carbons (Fsp3) is 0.700. The standard InChI is InChI=1S/C10H15N5O3/c1-3-4-15-12-10(11-13-15)14-6-7(5-8(14)16)9(17)18-2/h7H,3-6H2,1-2H3/t7-/m1/s1. The first kappa shape index (κ1) is 12.5. The van der Waals surface area contributed by atoms with Gasteiger partial charge in [-0.15, -0.1) is 5.10 Å². The van der Waals surface area contributed by atoms with Gasteiger partial charge < -0.3 is 4.74 Å². The van der Waals surface area contributed by atoms with Crippen LogP contribution < -0.4 is 4.90 Å². The van der Waals surface area contributed by atoms with E-state index in [9.17, 15) is 9.59 Å². The Hall–Kier alpha value is -1.99. The van der Waals surface area contributed by atoms with Gasteiger partial charge in [-0.25, -0.2) is 0 Å². The number of rotatable bonds is 4. The quantitative estimate of drug-likeness (QED) is 0.679. The minimum absolute atomic E-state index is 0.134. The van der Waals surface area contributed by atoms with E-state index < -0.39 is 5.92 Å². The lowest BCUT2D eigenvalue weighted by atomic mass is 10.1. The first-order valence-electron chi connectivity index (χ1n) is 5.81. The monoisotopic (exact) mass is 253 g/mol. The number of ether oxygens (including phenoxy) is 1. The van der Waals surface area contributed by atoms with E-state index in [-0.39, 0.29) is 30.8 Å². The summed E-state index contributed by atoms with van der Waals surface area (Å²) in [5.41, 5.74) is 0. The van der Waals surface area contributed by atoms with Gasteiger partial charge in [0.15, 0.2) is 0 Å². The molecule has 2 rings (SSSR count). The van der Waals surface area contributed by atoms with Gasteiger partial charge in [0.05, 0.1) is 19.6 Å². The molecule has 0 spiro atoms. The average molecular weight is 253 g/mol. The Kier molecular flexibility index (Phi) is 3.54. The van der Waals surface area contributed by atoms with Crippen molar-refractivity contribution in [2.24, 2.45) is 5.92 Å². The van der Waals surface area contributed by atoms with Crippen molar-refractivity contribution in [2.75, 3.05) is 18.6 Å². The number of amides is 1. The van der Waals surface area contributed by atoms with E-state index >= 15 is 0 Å². The maximum Gasteiger partial charge on any atom is 0.311 e. The molecule has 8 heteroatoms. The molecular weight excluding hydrogens is 238 g/mol. The highest BCUT2D eigenvalue weighted by molar-refractivity contribution is 5.98.